The molecule has 0 fully saturated rings. The molecule has 8 heteroatoms. The quantitative estimate of drug-likeness (QED) is 0.627. The highest BCUT2D eigenvalue weighted by molar-refractivity contribution is 7.80. The largest absolute Gasteiger partial charge is 0.450 e. The molecule has 0 spiro atoms. The van der Waals surface area contributed by atoms with E-state index < -0.39 is 6.09 Å². The van der Waals surface area contributed by atoms with Crippen LogP contribution in [0.1, 0.15) is 24.0 Å². The molecule has 2 rings (SSSR count). The smallest absolute Gasteiger partial charge is 0.413 e. The number of alkyl carbamates (subject to hydrolysis) is 1. The summed E-state index contributed by atoms with van der Waals surface area (Å²) in [4.78, 5) is 20.3. The van der Waals surface area contributed by atoms with Gasteiger partial charge >= 0.3 is 6.09 Å². The Morgan fingerprint density at radius 1 is 1.24 bits per heavy atom. The summed E-state index contributed by atoms with van der Waals surface area (Å²) in [7, 11) is 0. The molecule has 1 heterocycles. The van der Waals surface area contributed by atoms with Crippen LogP contribution in [0.3, 0.4) is 0 Å². The number of hydrogen-bond acceptors (Lipinski definition) is 6. The number of carbonyl (C=O) groups is 1. The molecule has 0 saturated carbocycles. The molecular formula is C17H21N5O2S. The number of hydrazine groups is 1. The Bertz CT molecular complexity index is 719. The normalized spacial score (nSPS) is 10.0. The first-order chi connectivity index (χ1) is 12.0. The fourth-order valence-electron chi connectivity index (χ4n) is 2.19. The maximum Gasteiger partial charge on any atom is 0.413 e. The number of thiocarbonyl (C=S) groups is 1. The number of rotatable bonds is 5. The predicted octanol–water partition coefficient (Wildman–Crippen LogP) is 2.64. The minimum Gasteiger partial charge on any atom is -0.450 e. The second kappa shape index (κ2) is 8.93. The Hall–Kier alpha value is -2.74. The first-order valence-corrected chi connectivity index (χ1v) is 8.27. The summed E-state index contributed by atoms with van der Waals surface area (Å²) in [6, 6.07) is 11.7. The number of nitrogens with one attached hydrogen (secondary N) is 2. The van der Waals surface area contributed by atoms with Crippen molar-refractivity contribution < 1.29 is 9.53 Å². The molecule has 1 amide bonds. The third-order valence-corrected chi connectivity index (χ3v) is 3.33. The summed E-state index contributed by atoms with van der Waals surface area (Å²) >= 11 is 5.19. The van der Waals surface area contributed by atoms with Crippen LogP contribution >= 0.6 is 12.2 Å². The molecular weight excluding hydrogens is 338 g/mol. The lowest BCUT2D eigenvalue weighted by Gasteiger charge is -2.26. The van der Waals surface area contributed by atoms with Crippen molar-refractivity contribution in [2.75, 3.05) is 11.6 Å². The Morgan fingerprint density at radius 3 is 2.60 bits per heavy atom. The second-order valence-corrected chi connectivity index (χ2v) is 5.68. The van der Waals surface area contributed by atoms with Gasteiger partial charge in [0, 0.05) is 11.8 Å². The molecule has 2 N–H and O–H groups in total. The Labute approximate surface area is 152 Å². The van der Waals surface area contributed by atoms with Gasteiger partial charge in [0.2, 0.25) is 0 Å². The van der Waals surface area contributed by atoms with E-state index in [2.05, 4.69) is 20.7 Å². The van der Waals surface area contributed by atoms with E-state index in [0.717, 1.165) is 11.3 Å². The van der Waals surface area contributed by atoms with Crippen molar-refractivity contribution in [3.05, 3.63) is 53.5 Å². The third kappa shape index (κ3) is 6.00. The molecule has 2 aromatic rings. The van der Waals surface area contributed by atoms with Gasteiger partial charge in [-0.15, -0.1) is 0 Å². The molecule has 0 aliphatic heterocycles. The molecule has 0 radical (unpaired) electrons. The third-order valence-electron chi connectivity index (χ3n) is 3.14. The van der Waals surface area contributed by atoms with Crippen LogP contribution in [0.15, 0.2) is 36.4 Å². The Balaban J connectivity index is 2.19. The topological polar surface area (TPSA) is 79.4 Å². The summed E-state index contributed by atoms with van der Waals surface area (Å²) in [6.45, 7) is 6.22. The van der Waals surface area contributed by atoms with Crippen molar-refractivity contribution in [3.8, 4) is 0 Å². The van der Waals surface area contributed by atoms with E-state index in [9.17, 15) is 4.79 Å². The van der Waals surface area contributed by atoms with Crippen LogP contribution in [-0.4, -0.2) is 27.8 Å². The number of anilines is 1. The van der Waals surface area contributed by atoms with E-state index in [1.165, 1.54) is 0 Å². The maximum absolute atomic E-state index is 11.5. The maximum atomic E-state index is 11.5. The van der Waals surface area contributed by atoms with Gasteiger partial charge < -0.3 is 4.74 Å². The lowest BCUT2D eigenvalue weighted by molar-refractivity contribution is 0.157. The predicted molar refractivity (Wildman–Crippen MR) is 100 cm³/mol. The number of nitrogens with zero attached hydrogens (tertiary/aromatic N) is 3. The summed E-state index contributed by atoms with van der Waals surface area (Å²) < 4.78 is 4.83. The highest BCUT2D eigenvalue weighted by Crippen LogP contribution is 2.14. The van der Waals surface area contributed by atoms with Gasteiger partial charge in [-0.3, -0.25) is 15.8 Å². The molecule has 1 aromatic heterocycles. The first-order valence-electron chi connectivity index (χ1n) is 7.86. The van der Waals surface area contributed by atoms with Crippen molar-refractivity contribution in [2.45, 2.75) is 27.3 Å². The van der Waals surface area contributed by atoms with E-state index in [4.69, 9.17) is 17.0 Å². The van der Waals surface area contributed by atoms with Crippen molar-refractivity contribution in [2.24, 2.45) is 0 Å². The van der Waals surface area contributed by atoms with Crippen molar-refractivity contribution in [1.82, 2.24) is 20.7 Å². The molecule has 7 nitrogen and oxygen atoms in total. The van der Waals surface area contributed by atoms with E-state index in [0.29, 0.717) is 18.2 Å². The van der Waals surface area contributed by atoms with Gasteiger partial charge in [0.1, 0.15) is 5.82 Å². The van der Waals surface area contributed by atoms with Gasteiger partial charge in [-0.1, -0.05) is 30.3 Å². The van der Waals surface area contributed by atoms with Gasteiger partial charge in [-0.25, -0.2) is 14.8 Å². The molecule has 0 unspecified atom stereocenters. The van der Waals surface area contributed by atoms with Crippen LogP contribution in [0.5, 0.6) is 0 Å². The van der Waals surface area contributed by atoms with Crippen LogP contribution < -0.4 is 15.8 Å². The highest BCUT2D eigenvalue weighted by Gasteiger charge is 2.14. The number of carbonyl (C=O) groups excluding carboxylic acids is 1. The van der Waals surface area contributed by atoms with Gasteiger partial charge in [-0.05, 0) is 38.6 Å². The van der Waals surface area contributed by atoms with Crippen LogP contribution in [0.25, 0.3) is 0 Å². The SMILES string of the molecule is CCOC(=O)NC(=S)NN(Cc1ccccc1)c1cc(C)nc(C)n1. The molecule has 0 aliphatic carbocycles. The van der Waals surface area contributed by atoms with Crippen LogP contribution in [-0.2, 0) is 11.3 Å². The Kier molecular flexibility index (Phi) is 6.64. The fraction of sp³-hybridized carbons (Fsp3) is 0.294. The molecule has 25 heavy (non-hydrogen) atoms. The van der Waals surface area contributed by atoms with Gasteiger partial charge in [-0.2, -0.15) is 0 Å². The van der Waals surface area contributed by atoms with Crippen molar-refractivity contribution in [3.63, 3.8) is 0 Å². The monoisotopic (exact) mass is 359 g/mol. The number of aryl methyl sites for hydroxylation is 2. The van der Waals surface area contributed by atoms with Crippen LogP contribution in [0.2, 0.25) is 0 Å². The zero-order valence-corrected chi connectivity index (χ0v) is 15.3. The second-order valence-electron chi connectivity index (χ2n) is 5.27. The first kappa shape index (κ1) is 18.6. The number of amides is 1. The van der Waals surface area contributed by atoms with E-state index in [1.807, 2.05) is 50.2 Å². The lowest BCUT2D eigenvalue weighted by Crippen LogP contribution is -2.49. The number of aromatic nitrogens is 2. The summed E-state index contributed by atoms with van der Waals surface area (Å²) in [5.74, 6) is 1.31. The molecule has 0 atom stereocenters. The van der Waals surface area contributed by atoms with Crippen LogP contribution in [0.4, 0.5) is 10.6 Å². The standard InChI is InChI=1S/C17H21N5O2S/c1-4-24-17(23)20-16(25)21-22(11-14-8-6-5-7-9-14)15-10-12(2)18-13(3)19-15/h5-10H,4,11H2,1-3H3,(H2,20,21,23,25). The van der Waals surface area contributed by atoms with Gasteiger partial charge in [0.25, 0.3) is 0 Å². The molecule has 0 bridgehead atoms. The minimum absolute atomic E-state index is 0.128. The number of ether oxygens (including phenoxy) is 1. The van der Waals surface area contributed by atoms with E-state index in [1.54, 1.807) is 11.9 Å². The van der Waals surface area contributed by atoms with E-state index >= 15 is 0 Å². The van der Waals surface area contributed by atoms with Crippen LogP contribution in [0, 0.1) is 13.8 Å². The average molecular weight is 359 g/mol. The summed E-state index contributed by atoms with van der Waals surface area (Å²) in [5, 5.41) is 4.35. The summed E-state index contributed by atoms with van der Waals surface area (Å²) in [5.41, 5.74) is 4.89. The van der Waals surface area contributed by atoms with Gasteiger partial charge in [0.05, 0.1) is 13.2 Å². The molecule has 1 aromatic carbocycles. The molecule has 0 aliphatic rings. The minimum atomic E-state index is -0.602. The summed E-state index contributed by atoms with van der Waals surface area (Å²) in [6.07, 6.45) is -0.602. The number of benzene rings is 1. The lowest BCUT2D eigenvalue weighted by atomic mass is 10.2. The zero-order valence-electron chi connectivity index (χ0n) is 14.4. The van der Waals surface area contributed by atoms with Crippen molar-refractivity contribution in [1.29, 1.82) is 0 Å². The Morgan fingerprint density at radius 2 is 1.96 bits per heavy atom. The van der Waals surface area contributed by atoms with E-state index in [-0.39, 0.29) is 11.7 Å². The molecule has 0 saturated heterocycles. The highest BCUT2D eigenvalue weighted by atomic mass is 32.1. The molecule has 132 valence electrons. The zero-order chi connectivity index (χ0) is 18.2. The fourth-order valence-corrected chi connectivity index (χ4v) is 2.38. The average Bonchev–Trinajstić information content (AvgIpc) is 2.54. The number of hydrogen-bond donors (Lipinski definition) is 2. The van der Waals surface area contributed by atoms with Gasteiger partial charge in [0.15, 0.2) is 10.9 Å². The van der Waals surface area contributed by atoms with Crippen molar-refractivity contribution >= 4 is 29.2 Å².